The Morgan fingerprint density at radius 2 is 1.57 bits per heavy atom. The molecule has 5 rings (SSSR count). The second-order valence-electron chi connectivity index (χ2n) is 8.55. The number of benzene rings is 2. The van der Waals surface area contributed by atoms with Gasteiger partial charge in [-0.25, -0.2) is 4.98 Å². The molecule has 2 aromatic carbocycles. The highest BCUT2D eigenvalue weighted by Gasteiger charge is 2.21. The fraction of sp³-hybridized carbons (Fsp3) is 0.231. The Hall–Kier alpha value is -3.40. The molecule has 0 unspecified atom stereocenters. The summed E-state index contributed by atoms with van der Waals surface area (Å²) in [5.41, 5.74) is 6.81. The minimum Gasteiger partial charge on any atom is -0.508 e. The van der Waals surface area contributed by atoms with Crippen LogP contribution in [0.15, 0.2) is 61.1 Å². The van der Waals surface area contributed by atoms with E-state index in [1.165, 1.54) is 16.7 Å². The largest absolute Gasteiger partial charge is 0.508 e. The molecule has 3 heterocycles. The number of aromatic hydroxyl groups is 1. The van der Waals surface area contributed by atoms with Crippen LogP contribution in [0.25, 0.3) is 38.6 Å². The van der Waals surface area contributed by atoms with Crippen molar-refractivity contribution in [1.82, 2.24) is 14.4 Å². The van der Waals surface area contributed by atoms with Crippen LogP contribution in [0, 0.1) is 0 Å². The molecule has 5 aromatic rings. The monoisotopic (exact) mass is 395 g/mol. The van der Waals surface area contributed by atoms with E-state index in [-0.39, 0.29) is 5.75 Å². The highest BCUT2D eigenvalue weighted by Crippen LogP contribution is 2.39. The Balaban J connectivity index is 2.01. The number of nitrogens with zero attached hydrogens (tertiary/aromatic N) is 3. The molecule has 0 spiro atoms. The first-order valence-electron chi connectivity index (χ1n) is 10.5. The SMILES string of the molecule is CC(C)c1cccc(C(C)C)c1-c1cnc2c3cc(O)ccc3c3ccncc3n12. The molecule has 0 radical (unpaired) electrons. The van der Waals surface area contributed by atoms with E-state index in [0.29, 0.717) is 11.8 Å². The fourth-order valence-electron chi connectivity index (χ4n) is 4.55. The van der Waals surface area contributed by atoms with Crippen molar-refractivity contribution in [2.24, 2.45) is 0 Å². The summed E-state index contributed by atoms with van der Waals surface area (Å²) >= 11 is 0. The summed E-state index contributed by atoms with van der Waals surface area (Å²) in [6, 6.07) is 14.1. The van der Waals surface area contributed by atoms with E-state index in [0.717, 1.165) is 33.0 Å². The summed E-state index contributed by atoms with van der Waals surface area (Å²) < 4.78 is 2.21. The maximum Gasteiger partial charge on any atom is 0.145 e. The first-order chi connectivity index (χ1) is 14.5. The first kappa shape index (κ1) is 18.6. The van der Waals surface area contributed by atoms with Gasteiger partial charge in [-0.15, -0.1) is 0 Å². The molecule has 0 saturated carbocycles. The Kier molecular flexibility index (Phi) is 4.24. The van der Waals surface area contributed by atoms with Gasteiger partial charge in [-0.2, -0.15) is 0 Å². The lowest BCUT2D eigenvalue weighted by molar-refractivity contribution is 0.476. The molecule has 4 nitrogen and oxygen atoms in total. The third-order valence-corrected chi connectivity index (χ3v) is 5.97. The third kappa shape index (κ3) is 2.67. The summed E-state index contributed by atoms with van der Waals surface area (Å²) in [4.78, 5) is 9.26. The van der Waals surface area contributed by atoms with E-state index < -0.39 is 0 Å². The van der Waals surface area contributed by atoms with E-state index in [9.17, 15) is 5.11 Å². The van der Waals surface area contributed by atoms with Gasteiger partial charge in [-0.3, -0.25) is 9.38 Å². The molecule has 0 aliphatic heterocycles. The fourth-order valence-corrected chi connectivity index (χ4v) is 4.55. The molecule has 0 saturated heterocycles. The molecule has 0 fully saturated rings. The first-order valence-corrected chi connectivity index (χ1v) is 10.5. The Bertz CT molecular complexity index is 1390. The van der Waals surface area contributed by atoms with Crippen molar-refractivity contribution >= 4 is 27.3 Å². The van der Waals surface area contributed by atoms with Crippen molar-refractivity contribution < 1.29 is 5.11 Å². The molecule has 0 bridgehead atoms. The minimum absolute atomic E-state index is 0.243. The third-order valence-electron chi connectivity index (χ3n) is 5.97. The Morgan fingerprint density at radius 3 is 2.27 bits per heavy atom. The molecule has 0 amide bonds. The summed E-state index contributed by atoms with van der Waals surface area (Å²) in [7, 11) is 0. The van der Waals surface area contributed by atoms with Crippen LogP contribution in [-0.4, -0.2) is 19.5 Å². The molecule has 0 atom stereocenters. The summed E-state index contributed by atoms with van der Waals surface area (Å²) in [5.74, 6) is 1.02. The van der Waals surface area contributed by atoms with Gasteiger partial charge in [0, 0.05) is 22.5 Å². The average molecular weight is 396 g/mol. The molecular weight excluding hydrogens is 370 g/mol. The van der Waals surface area contributed by atoms with Crippen LogP contribution in [0.4, 0.5) is 0 Å². The number of imidazole rings is 1. The van der Waals surface area contributed by atoms with Crippen LogP contribution in [-0.2, 0) is 0 Å². The van der Waals surface area contributed by atoms with E-state index in [1.54, 1.807) is 12.1 Å². The molecule has 1 N–H and O–H groups in total. The maximum atomic E-state index is 10.2. The molecule has 150 valence electrons. The zero-order chi connectivity index (χ0) is 21.0. The number of pyridine rings is 2. The van der Waals surface area contributed by atoms with Crippen LogP contribution >= 0.6 is 0 Å². The maximum absolute atomic E-state index is 10.2. The van der Waals surface area contributed by atoms with Gasteiger partial charge in [-0.1, -0.05) is 45.9 Å². The minimum atomic E-state index is 0.243. The van der Waals surface area contributed by atoms with Crippen LogP contribution in [0.1, 0.15) is 50.7 Å². The number of fused-ring (bicyclic) bond motifs is 6. The van der Waals surface area contributed by atoms with Crippen molar-refractivity contribution in [2.45, 2.75) is 39.5 Å². The Morgan fingerprint density at radius 1 is 0.833 bits per heavy atom. The lowest BCUT2D eigenvalue weighted by Crippen LogP contribution is -2.02. The zero-order valence-electron chi connectivity index (χ0n) is 17.7. The van der Waals surface area contributed by atoms with E-state index in [2.05, 4.69) is 55.3 Å². The lowest BCUT2D eigenvalue weighted by Gasteiger charge is -2.20. The quantitative estimate of drug-likeness (QED) is 0.348. The smallest absolute Gasteiger partial charge is 0.145 e. The van der Waals surface area contributed by atoms with Gasteiger partial charge in [-0.05, 0) is 52.6 Å². The zero-order valence-corrected chi connectivity index (χ0v) is 17.7. The van der Waals surface area contributed by atoms with E-state index in [1.807, 2.05) is 30.7 Å². The van der Waals surface area contributed by atoms with Crippen LogP contribution in [0.5, 0.6) is 5.75 Å². The van der Waals surface area contributed by atoms with Crippen molar-refractivity contribution in [3.63, 3.8) is 0 Å². The second-order valence-corrected chi connectivity index (χ2v) is 8.55. The van der Waals surface area contributed by atoms with Gasteiger partial charge in [0.1, 0.15) is 11.4 Å². The van der Waals surface area contributed by atoms with Gasteiger partial charge < -0.3 is 5.11 Å². The van der Waals surface area contributed by atoms with Crippen LogP contribution in [0.2, 0.25) is 0 Å². The van der Waals surface area contributed by atoms with Crippen LogP contribution in [0.3, 0.4) is 0 Å². The average Bonchev–Trinajstić information content (AvgIpc) is 3.18. The normalized spacial score (nSPS) is 12.1. The molecule has 4 heteroatoms. The molecule has 0 aliphatic carbocycles. The molecule has 0 aliphatic rings. The van der Waals surface area contributed by atoms with Crippen molar-refractivity contribution in [3.05, 3.63) is 72.2 Å². The summed E-state index contributed by atoms with van der Waals surface area (Å²) in [6.45, 7) is 8.94. The number of hydrogen-bond acceptors (Lipinski definition) is 3. The van der Waals surface area contributed by atoms with Gasteiger partial charge in [0.15, 0.2) is 0 Å². The van der Waals surface area contributed by atoms with Gasteiger partial charge in [0.25, 0.3) is 0 Å². The lowest BCUT2D eigenvalue weighted by atomic mass is 9.87. The highest BCUT2D eigenvalue weighted by molar-refractivity contribution is 6.12. The van der Waals surface area contributed by atoms with Crippen molar-refractivity contribution in [2.75, 3.05) is 0 Å². The predicted molar refractivity (Wildman–Crippen MR) is 123 cm³/mol. The number of rotatable bonds is 3. The second kappa shape index (κ2) is 6.84. The van der Waals surface area contributed by atoms with Crippen LogP contribution < -0.4 is 0 Å². The highest BCUT2D eigenvalue weighted by atomic mass is 16.3. The van der Waals surface area contributed by atoms with Gasteiger partial charge in [0.2, 0.25) is 0 Å². The Labute approximate surface area is 175 Å². The van der Waals surface area contributed by atoms with Crippen molar-refractivity contribution in [1.29, 1.82) is 0 Å². The van der Waals surface area contributed by atoms with E-state index in [4.69, 9.17) is 4.98 Å². The van der Waals surface area contributed by atoms with Gasteiger partial charge >= 0.3 is 0 Å². The summed E-state index contributed by atoms with van der Waals surface area (Å²) in [6.07, 6.45) is 5.70. The molecule has 30 heavy (non-hydrogen) atoms. The number of phenolic OH excluding ortho intramolecular Hbond substituents is 1. The predicted octanol–water partition coefficient (Wildman–Crippen LogP) is 6.66. The number of phenols is 1. The number of aromatic nitrogens is 3. The van der Waals surface area contributed by atoms with Gasteiger partial charge in [0.05, 0.1) is 23.6 Å². The standard InChI is InChI=1S/C26H25N3O/c1-15(2)18-6-5-7-19(16(3)4)25(18)24-14-28-26-22-12-17(30)8-9-20(22)21-10-11-27-13-23(21)29(24)26/h5-16,30H,1-4H3. The van der Waals surface area contributed by atoms with Crippen molar-refractivity contribution in [3.8, 4) is 17.0 Å². The topological polar surface area (TPSA) is 50.4 Å². The summed E-state index contributed by atoms with van der Waals surface area (Å²) in [5, 5.41) is 13.3. The molecule has 3 aromatic heterocycles. The van der Waals surface area contributed by atoms with E-state index >= 15 is 0 Å². The number of hydrogen-bond donors (Lipinski definition) is 1. The molecular formula is C26H25N3O.